The summed E-state index contributed by atoms with van der Waals surface area (Å²) in [6.45, 7) is 7.41. The van der Waals surface area contributed by atoms with Crippen LogP contribution in [0.4, 0.5) is 0 Å². The predicted octanol–water partition coefficient (Wildman–Crippen LogP) is 1.53. The molecular formula is C19H27N3O5S. The van der Waals surface area contributed by atoms with E-state index in [0.717, 1.165) is 6.42 Å². The molecule has 28 heavy (non-hydrogen) atoms. The van der Waals surface area contributed by atoms with Crippen molar-refractivity contribution < 1.29 is 22.8 Å². The molecule has 0 bridgehead atoms. The third kappa shape index (κ3) is 4.96. The minimum Gasteiger partial charge on any atom is -0.351 e. The Labute approximate surface area is 165 Å². The van der Waals surface area contributed by atoms with Crippen molar-refractivity contribution in [3.05, 3.63) is 34.9 Å². The van der Waals surface area contributed by atoms with Crippen LogP contribution in [0.15, 0.2) is 18.2 Å². The number of nitrogens with one attached hydrogen (secondary N) is 2. The molecule has 0 aliphatic carbocycles. The van der Waals surface area contributed by atoms with Gasteiger partial charge >= 0.3 is 0 Å². The van der Waals surface area contributed by atoms with Crippen LogP contribution in [0.3, 0.4) is 0 Å². The summed E-state index contributed by atoms with van der Waals surface area (Å²) in [6, 6.07) is 4.36. The van der Waals surface area contributed by atoms with E-state index in [-0.39, 0.29) is 41.4 Å². The molecule has 1 aliphatic rings. The monoisotopic (exact) mass is 409 g/mol. The van der Waals surface area contributed by atoms with Crippen LogP contribution in [-0.2, 0) is 10.0 Å². The Morgan fingerprint density at radius 3 is 2.32 bits per heavy atom. The Hall–Kier alpha value is -2.26. The third-order valence-corrected chi connectivity index (χ3v) is 5.79. The predicted molar refractivity (Wildman–Crippen MR) is 106 cm³/mol. The van der Waals surface area contributed by atoms with E-state index in [0.29, 0.717) is 6.42 Å². The smallest absolute Gasteiger partial charge is 0.262 e. The van der Waals surface area contributed by atoms with Gasteiger partial charge in [0, 0.05) is 24.2 Å². The van der Waals surface area contributed by atoms with Crippen molar-refractivity contribution in [3.63, 3.8) is 0 Å². The number of carbonyl (C=O) groups excluding carboxylic acids is 3. The minimum atomic E-state index is -3.34. The summed E-state index contributed by atoms with van der Waals surface area (Å²) in [5.41, 5.74) is 0.0578. The summed E-state index contributed by atoms with van der Waals surface area (Å²) in [5, 5.41) is 2.61. The van der Waals surface area contributed by atoms with E-state index in [1.165, 1.54) is 23.1 Å². The summed E-state index contributed by atoms with van der Waals surface area (Å²) < 4.78 is 25.9. The average Bonchev–Trinajstić information content (AvgIpc) is 2.87. The van der Waals surface area contributed by atoms with Crippen LogP contribution in [0.5, 0.6) is 0 Å². The number of benzene rings is 1. The first-order valence-electron chi connectivity index (χ1n) is 9.26. The summed E-state index contributed by atoms with van der Waals surface area (Å²) in [7, 11) is -3.34. The van der Waals surface area contributed by atoms with E-state index in [9.17, 15) is 22.8 Å². The van der Waals surface area contributed by atoms with Crippen molar-refractivity contribution >= 4 is 27.7 Å². The normalized spacial score (nSPS) is 14.4. The maximum atomic E-state index is 12.6. The van der Waals surface area contributed by atoms with Gasteiger partial charge in [-0.1, -0.05) is 13.3 Å². The maximum absolute atomic E-state index is 12.6. The zero-order valence-electron chi connectivity index (χ0n) is 16.7. The molecule has 154 valence electrons. The van der Waals surface area contributed by atoms with Gasteiger partial charge in [0.25, 0.3) is 17.7 Å². The van der Waals surface area contributed by atoms with Gasteiger partial charge in [-0.05, 0) is 45.4 Å². The largest absolute Gasteiger partial charge is 0.351 e. The topological polar surface area (TPSA) is 113 Å². The van der Waals surface area contributed by atoms with Crippen molar-refractivity contribution in [2.45, 2.75) is 46.1 Å². The quantitative estimate of drug-likeness (QED) is 0.499. The van der Waals surface area contributed by atoms with Crippen LogP contribution in [-0.4, -0.2) is 55.4 Å². The number of amides is 3. The minimum absolute atomic E-state index is 0.0582. The molecule has 0 radical (unpaired) electrons. The highest BCUT2D eigenvalue weighted by atomic mass is 32.2. The first kappa shape index (κ1) is 22.0. The Morgan fingerprint density at radius 2 is 1.71 bits per heavy atom. The number of imide groups is 1. The first-order chi connectivity index (χ1) is 13.0. The van der Waals surface area contributed by atoms with E-state index in [4.69, 9.17) is 0 Å². The molecule has 0 fully saturated rings. The second-order valence-electron chi connectivity index (χ2n) is 7.70. The van der Waals surface area contributed by atoms with Gasteiger partial charge in [-0.2, -0.15) is 0 Å². The van der Waals surface area contributed by atoms with E-state index >= 15 is 0 Å². The van der Waals surface area contributed by atoms with Crippen LogP contribution >= 0.6 is 0 Å². The van der Waals surface area contributed by atoms with Crippen LogP contribution in [0, 0.1) is 0 Å². The molecule has 8 nitrogen and oxygen atoms in total. The van der Waals surface area contributed by atoms with Crippen LogP contribution in [0.25, 0.3) is 0 Å². The van der Waals surface area contributed by atoms with Crippen LogP contribution < -0.4 is 10.0 Å². The second-order valence-corrected chi connectivity index (χ2v) is 9.63. The zero-order chi connectivity index (χ0) is 21.1. The second kappa shape index (κ2) is 8.40. The lowest BCUT2D eigenvalue weighted by atomic mass is 10.1. The molecule has 0 saturated heterocycles. The maximum Gasteiger partial charge on any atom is 0.262 e. The molecule has 0 aromatic heterocycles. The molecule has 1 heterocycles. The highest BCUT2D eigenvalue weighted by molar-refractivity contribution is 7.89. The Balaban J connectivity index is 2.00. The van der Waals surface area contributed by atoms with E-state index in [1.807, 2.05) is 6.92 Å². The molecule has 0 unspecified atom stereocenters. The fraction of sp³-hybridized carbons (Fsp3) is 0.526. The molecule has 0 spiro atoms. The van der Waals surface area contributed by atoms with Crippen molar-refractivity contribution in [2.75, 3.05) is 18.8 Å². The molecular weight excluding hydrogens is 382 g/mol. The van der Waals surface area contributed by atoms with Gasteiger partial charge in [0.1, 0.15) is 0 Å². The molecule has 0 atom stereocenters. The Morgan fingerprint density at radius 1 is 1.07 bits per heavy atom. The number of sulfonamides is 1. The molecule has 1 aromatic carbocycles. The summed E-state index contributed by atoms with van der Waals surface area (Å²) in [5.74, 6) is -1.18. The van der Waals surface area contributed by atoms with E-state index in [2.05, 4.69) is 10.0 Å². The number of fused-ring (bicyclic) bond motifs is 1. The molecule has 2 N–H and O–H groups in total. The van der Waals surface area contributed by atoms with Gasteiger partial charge in [0.2, 0.25) is 10.0 Å². The summed E-state index contributed by atoms with van der Waals surface area (Å²) in [6.07, 6.45) is 1.36. The van der Waals surface area contributed by atoms with Crippen molar-refractivity contribution in [1.29, 1.82) is 0 Å². The van der Waals surface area contributed by atoms with E-state index < -0.39 is 27.4 Å². The Bertz CT molecular complexity index is 887. The van der Waals surface area contributed by atoms with Crippen molar-refractivity contribution in [1.82, 2.24) is 14.9 Å². The van der Waals surface area contributed by atoms with Gasteiger partial charge < -0.3 is 5.32 Å². The fourth-order valence-electron chi connectivity index (χ4n) is 2.88. The molecule has 1 aromatic rings. The number of unbranched alkanes of at least 4 members (excludes halogenated alkanes) is 1. The van der Waals surface area contributed by atoms with E-state index in [1.54, 1.807) is 20.8 Å². The molecule has 9 heteroatoms. The summed E-state index contributed by atoms with van der Waals surface area (Å²) in [4.78, 5) is 38.5. The van der Waals surface area contributed by atoms with Crippen molar-refractivity contribution in [3.8, 4) is 0 Å². The third-order valence-electron chi connectivity index (χ3n) is 4.32. The average molecular weight is 410 g/mol. The lowest BCUT2D eigenvalue weighted by molar-refractivity contribution is 0.0507. The van der Waals surface area contributed by atoms with Gasteiger partial charge in [-0.15, -0.1) is 0 Å². The van der Waals surface area contributed by atoms with Crippen LogP contribution in [0.1, 0.15) is 71.6 Å². The lowest BCUT2D eigenvalue weighted by Crippen LogP contribution is -2.45. The molecule has 0 saturated carbocycles. The Kier molecular flexibility index (Phi) is 6.61. The molecule has 1 aliphatic heterocycles. The van der Waals surface area contributed by atoms with Gasteiger partial charge in [-0.3, -0.25) is 19.3 Å². The van der Waals surface area contributed by atoms with Gasteiger partial charge in [-0.25, -0.2) is 13.1 Å². The SMILES string of the molecule is CCCCS(=O)(=O)NCCNC(=O)c1ccc2c(c1)C(=O)N(C(C)(C)C)C2=O. The number of rotatable bonds is 8. The van der Waals surface area contributed by atoms with Gasteiger partial charge in [0.05, 0.1) is 16.9 Å². The van der Waals surface area contributed by atoms with Gasteiger partial charge in [0.15, 0.2) is 0 Å². The first-order valence-corrected chi connectivity index (χ1v) is 10.9. The number of hydrogen-bond acceptors (Lipinski definition) is 5. The molecule has 3 amide bonds. The lowest BCUT2D eigenvalue weighted by Gasteiger charge is -2.29. The number of carbonyl (C=O) groups is 3. The van der Waals surface area contributed by atoms with Crippen molar-refractivity contribution in [2.24, 2.45) is 0 Å². The standard InChI is InChI=1S/C19H27N3O5S/c1-5-6-11-28(26,27)21-10-9-20-16(23)13-7-8-14-15(12-13)18(25)22(17(14)24)19(2,3)4/h7-8,12,21H,5-6,9-11H2,1-4H3,(H,20,23). The fourth-order valence-corrected chi connectivity index (χ4v) is 4.11. The number of hydrogen-bond donors (Lipinski definition) is 2. The highest BCUT2D eigenvalue weighted by Gasteiger charge is 2.42. The summed E-state index contributed by atoms with van der Waals surface area (Å²) >= 11 is 0. The van der Waals surface area contributed by atoms with Crippen LogP contribution in [0.2, 0.25) is 0 Å². The highest BCUT2D eigenvalue weighted by Crippen LogP contribution is 2.29. The zero-order valence-corrected chi connectivity index (χ0v) is 17.5. The number of nitrogens with zero attached hydrogens (tertiary/aromatic N) is 1. The molecule has 2 rings (SSSR count).